The fourth-order valence-electron chi connectivity index (χ4n) is 5.30. The monoisotopic (exact) mass is 541 g/mol. The molecule has 1 aromatic heterocycles. The van der Waals surface area contributed by atoms with Crippen LogP contribution in [0.25, 0.3) is 11.0 Å². The molecule has 7 heteroatoms. The maximum atomic E-state index is 13.7. The summed E-state index contributed by atoms with van der Waals surface area (Å²) in [6.45, 7) is 3.23. The van der Waals surface area contributed by atoms with Crippen LogP contribution < -0.4 is 19.6 Å². The molecule has 0 fully saturated rings. The van der Waals surface area contributed by atoms with Crippen LogP contribution >= 0.6 is 0 Å². The predicted octanol–water partition coefficient (Wildman–Crippen LogP) is 6.56. The lowest BCUT2D eigenvalue weighted by molar-refractivity contribution is 0.0730. The summed E-state index contributed by atoms with van der Waals surface area (Å²) < 4.78 is 22.8. The van der Waals surface area contributed by atoms with Gasteiger partial charge in [-0.25, -0.2) is 0 Å². The highest BCUT2D eigenvalue weighted by Gasteiger charge is 2.42. The van der Waals surface area contributed by atoms with Crippen LogP contribution in [0.5, 0.6) is 17.2 Å². The highest BCUT2D eigenvalue weighted by molar-refractivity contribution is 5.99. The fraction of sp³-hybridized carbons (Fsp3) is 0.333. The number of amides is 1. The summed E-state index contributed by atoms with van der Waals surface area (Å²) in [5.74, 6) is 1.85. The van der Waals surface area contributed by atoms with Crippen molar-refractivity contribution in [2.24, 2.45) is 0 Å². The topological polar surface area (TPSA) is 78.2 Å². The van der Waals surface area contributed by atoms with E-state index in [0.717, 1.165) is 29.7 Å². The van der Waals surface area contributed by atoms with E-state index in [9.17, 15) is 9.59 Å². The number of unbranched alkanes of at least 4 members (excludes halogenated alkanes) is 3. The lowest BCUT2D eigenvalue weighted by atomic mass is 9.98. The quantitative estimate of drug-likeness (QED) is 0.189. The Morgan fingerprint density at radius 2 is 1.65 bits per heavy atom. The van der Waals surface area contributed by atoms with Crippen LogP contribution in [0.3, 0.4) is 0 Å². The molecule has 1 unspecified atom stereocenters. The second-order valence-corrected chi connectivity index (χ2v) is 9.99. The van der Waals surface area contributed by atoms with Gasteiger partial charge in [-0.05, 0) is 60.4 Å². The van der Waals surface area contributed by atoms with Gasteiger partial charge >= 0.3 is 0 Å². The number of carbonyl (C=O) groups is 1. The number of hydrogen-bond acceptors (Lipinski definition) is 6. The average molecular weight is 542 g/mol. The lowest BCUT2D eigenvalue weighted by Crippen LogP contribution is -2.31. The van der Waals surface area contributed by atoms with Crippen molar-refractivity contribution in [2.45, 2.75) is 45.1 Å². The van der Waals surface area contributed by atoms with Gasteiger partial charge in [0.1, 0.15) is 11.3 Å². The largest absolute Gasteiger partial charge is 0.494 e. The highest BCUT2D eigenvalue weighted by Crippen LogP contribution is 2.39. The normalized spacial score (nSPS) is 14.4. The molecule has 0 saturated heterocycles. The second-order valence-electron chi connectivity index (χ2n) is 9.99. The Morgan fingerprint density at radius 3 is 2.40 bits per heavy atom. The van der Waals surface area contributed by atoms with E-state index >= 15 is 0 Å². The summed E-state index contributed by atoms with van der Waals surface area (Å²) in [6.07, 6.45) is 5.10. The predicted molar refractivity (Wildman–Crippen MR) is 155 cm³/mol. The van der Waals surface area contributed by atoms with Gasteiger partial charge in [0, 0.05) is 6.54 Å². The minimum atomic E-state index is -0.567. The molecule has 3 aromatic carbocycles. The molecular formula is C33H35NO6. The number of benzene rings is 3. The molecule has 5 rings (SSSR count). The van der Waals surface area contributed by atoms with Crippen molar-refractivity contribution in [1.29, 1.82) is 0 Å². The number of carbonyl (C=O) groups excluding carboxylic acids is 1. The zero-order valence-electron chi connectivity index (χ0n) is 23.3. The van der Waals surface area contributed by atoms with Crippen molar-refractivity contribution in [1.82, 2.24) is 4.90 Å². The molecule has 208 valence electrons. The summed E-state index contributed by atoms with van der Waals surface area (Å²) >= 11 is 0. The Hall–Kier alpha value is -4.26. The lowest BCUT2D eigenvalue weighted by Gasteiger charge is -2.25. The third-order valence-corrected chi connectivity index (χ3v) is 7.42. The molecule has 0 saturated carbocycles. The van der Waals surface area contributed by atoms with Crippen LogP contribution in [0, 0.1) is 0 Å². The first-order valence-electron chi connectivity index (χ1n) is 13.9. The highest BCUT2D eigenvalue weighted by atomic mass is 16.5. The number of methoxy groups -OCH3 is 2. The molecule has 1 aliphatic heterocycles. The molecular weight excluding hydrogens is 506 g/mol. The number of hydrogen-bond donors (Lipinski definition) is 0. The van der Waals surface area contributed by atoms with E-state index in [4.69, 9.17) is 18.6 Å². The Balaban J connectivity index is 1.46. The number of rotatable bonds is 12. The van der Waals surface area contributed by atoms with Crippen LogP contribution in [0.1, 0.15) is 65.9 Å². The molecule has 1 atom stereocenters. The van der Waals surface area contributed by atoms with E-state index < -0.39 is 6.04 Å². The third-order valence-electron chi connectivity index (χ3n) is 7.42. The Labute approximate surface area is 234 Å². The molecule has 0 radical (unpaired) electrons. The minimum absolute atomic E-state index is 0.109. The van der Waals surface area contributed by atoms with Crippen molar-refractivity contribution in [3.63, 3.8) is 0 Å². The maximum absolute atomic E-state index is 13.7. The molecule has 0 N–H and O–H groups in total. The number of nitrogens with zero attached hydrogens (tertiary/aromatic N) is 1. The molecule has 1 aliphatic rings. The van der Waals surface area contributed by atoms with Crippen molar-refractivity contribution < 1.29 is 23.4 Å². The maximum Gasteiger partial charge on any atom is 0.290 e. The van der Waals surface area contributed by atoms with Gasteiger partial charge in [-0.3, -0.25) is 9.59 Å². The Kier molecular flexibility index (Phi) is 8.39. The third kappa shape index (κ3) is 5.41. The molecule has 1 amide bonds. The Morgan fingerprint density at radius 1 is 0.875 bits per heavy atom. The molecule has 7 nitrogen and oxygen atoms in total. The van der Waals surface area contributed by atoms with Crippen LogP contribution in [0.15, 0.2) is 75.9 Å². The standard InChI is InChI=1S/C33H35NO6/c1-4-5-6-9-20-39-24-15-13-23(14-16-24)30-29-31(35)25-10-7-8-11-26(25)40-32(29)33(36)34(30)19-18-22-12-17-27(37-2)28(21-22)38-3/h7-8,10-17,21,30H,4-6,9,18-20H2,1-3H3. The fourth-order valence-corrected chi connectivity index (χ4v) is 5.30. The van der Waals surface area contributed by atoms with E-state index in [-0.39, 0.29) is 17.1 Å². The van der Waals surface area contributed by atoms with Gasteiger partial charge in [0.05, 0.1) is 37.8 Å². The van der Waals surface area contributed by atoms with Crippen LogP contribution in [0.4, 0.5) is 0 Å². The summed E-state index contributed by atoms with van der Waals surface area (Å²) in [7, 11) is 3.19. The summed E-state index contributed by atoms with van der Waals surface area (Å²) in [5, 5.41) is 0.466. The molecule has 40 heavy (non-hydrogen) atoms. The number of para-hydroxylation sites is 1. The summed E-state index contributed by atoms with van der Waals surface area (Å²) in [4.78, 5) is 29.2. The van der Waals surface area contributed by atoms with Gasteiger partial charge in [0.2, 0.25) is 5.76 Å². The first-order valence-corrected chi connectivity index (χ1v) is 13.9. The van der Waals surface area contributed by atoms with Crippen LogP contribution in [-0.4, -0.2) is 38.2 Å². The van der Waals surface area contributed by atoms with E-state index in [1.807, 2.05) is 42.5 Å². The van der Waals surface area contributed by atoms with Gasteiger partial charge < -0.3 is 23.5 Å². The average Bonchev–Trinajstić information content (AvgIpc) is 3.27. The van der Waals surface area contributed by atoms with Crippen molar-refractivity contribution in [3.05, 3.63) is 99.4 Å². The van der Waals surface area contributed by atoms with E-state index in [0.29, 0.717) is 47.6 Å². The van der Waals surface area contributed by atoms with Gasteiger partial charge in [-0.15, -0.1) is 0 Å². The van der Waals surface area contributed by atoms with Gasteiger partial charge in [-0.1, -0.05) is 56.5 Å². The first kappa shape index (κ1) is 27.3. The van der Waals surface area contributed by atoms with Crippen LogP contribution in [-0.2, 0) is 6.42 Å². The van der Waals surface area contributed by atoms with Crippen molar-refractivity contribution >= 4 is 16.9 Å². The molecule has 2 heterocycles. The van der Waals surface area contributed by atoms with Gasteiger partial charge in [0.15, 0.2) is 16.9 Å². The summed E-state index contributed by atoms with van der Waals surface area (Å²) in [5.41, 5.74) is 2.42. The van der Waals surface area contributed by atoms with E-state index in [1.165, 1.54) is 12.8 Å². The zero-order valence-corrected chi connectivity index (χ0v) is 23.3. The molecule has 0 bridgehead atoms. The number of fused-ring (bicyclic) bond motifs is 2. The van der Waals surface area contributed by atoms with E-state index in [1.54, 1.807) is 43.4 Å². The second kappa shape index (κ2) is 12.3. The first-order chi connectivity index (χ1) is 19.5. The van der Waals surface area contributed by atoms with Gasteiger partial charge in [0.25, 0.3) is 5.91 Å². The SMILES string of the molecule is CCCCCCOc1ccc(C2c3c(oc4ccccc4c3=O)C(=O)N2CCc2ccc(OC)c(OC)c2)cc1. The molecule has 0 aliphatic carbocycles. The van der Waals surface area contributed by atoms with Crippen LogP contribution in [0.2, 0.25) is 0 Å². The minimum Gasteiger partial charge on any atom is -0.494 e. The number of ether oxygens (including phenoxy) is 3. The summed E-state index contributed by atoms with van der Waals surface area (Å²) in [6, 6.07) is 19.9. The van der Waals surface area contributed by atoms with Gasteiger partial charge in [-0.2, -0.15) is 0 Å². The van der Waals surface area contributed by atoms with E-state index in [2.05, 4.69) is 6.92 Å². The molecule has 0 spiro atoms. The zero-order chi connectivity index (χ0) is 28.1. The van der Waals surface area contributed by atoms with Crippen molar-refractivity contribution in [2.75, 3.05) is 27.4 Å². The smallest absolute Gasteiger partial charge is 0.290 e. The Bertz CT molecular complexity index is 1540. The van der Waals surface area contributed by atoms with Crippen molar-refractivity contribution in [3.8, 4) is 17.2 Å². The molecule has 4 aromatic rings.